The molecule has 2 aliphatic rings. The Labute approximate surface area is 152 Å². The molecule has 0 aromatic carbocycles. The minimum Gasteiger partial charge on any atom is -0.378 e. The van der Waals surface area contributed by atoms with Crippen molar-refractivity contribution in [2.75, 3.05) is 52.5 Å². The zero-order chi connectivity index (χ0) is 15.1. The molecule has 0 aromatic heterocycles. The maximum absolute atomic E-state index is 6.02. The van der Waals surface area contributed by atoms with Gasteiger partial charge in [-0.3, -0.25) is 4.99 Å². The van der Waals surface area contributed by atoms with Crippen molar-refractivity contribution in [3.63, 3.8) is 0 Å². The van der Waals surface area contributed by atoms with Crippen molar-refractivity contribution in [3.05, 3.63) is 0 Å². The Morgan fingerprint density at radius 2 is 1.77 bits per heavy atom. The molecular weight excluding hydrogens is 391 g/mol. The second-order valence-corrected chi connectivity index (χ2v) is 6.75. The van der Waals surface area contributed by atoms with Crippen molar-refractivity contribution in [1.29, 1.82) is 0 Å². The van der Waals surface area contributed by atoms with Gasteiger partial charge in [0.1, 0.15) is 0 Å². The van der Waals surface area contributed by atoms with E-state index in [-0.39, 0.29) is 24.0 Å². The molecule has 0 amide bonds. The number of ether oxygens (including phenoxy) is 1. The van der Waals surface area contributed by atoms with Crippen LogP contribution in [0.25, 0.3) is 0 Å². The summed E-state index contributed by atoms with van der Waals surface area (Å²) in [5.41, 5.74) is 6.02. The monoisotopic (exact) mass is 424 g/mol. The summed E-state index contributed by atoms with van der Waals surface area (Å²) in [5, 5.41) is 0. The quantitative estimate of drug-likeness (QED) is 0.318. The summed E-state index contributed by atoms with van der Waals surface area (Å²) in [5.74, 6) is 2.39. The molecule has 2 heterocycles. The highest BCUT2D eigenvalue weighted by molar-refractivity contribution is 14.0. The summed E-state index contributed by atoms with van der Waals surface area (Å²) in [7, 11) is 0. The maximum atomic E-state index is 6.02. The number of halogens is 1. The van der Waals surface area contributed by atoms with E-state index >= 15 is 0 Å². The molecule has 22 heavy (non-hydrogen) atoms. The second kappa shape index (κ2) is 10.6. The molecule has 2 saturated heterocycles. The van der Waals surface area contributed by atoms with E-state index in [0.717, 1.165) is 51.1 Å². The van der Waals surface area contributed by atoms with E-state index in [1.54, 1.807) is 0 Å². The highest BCUT2D eigenvalue weighted by atomic mass is 127. The summed E-state index contributed by atoms with van der Waals surface area (Å²) < 4.78 is 5.32. The van der Waals surface area contributed by atoms with Crippen LogP contribution >= 0.6 is 24.0 Å². The Bertz CT molecular complexity index is 324. The minimum absolute atomic E-state index is 0. The second-order valence-electron chi connectivity index (χ2n) is 6.75. The van der Waals surface area contributed by atoms with Crippen LogP contribution in [0.2, 0.25) is 0 Å². The zero-order valence-corrected chi connectivity index (χ0v) is 16.5. The fourth-order valence-electron chi connectivity index (χ4n) is 3.51. The number of hydrogen-bond donors (Lipinski definition) is 1. The van der Waals surface area contributed by atoms with Gasteiger partial charge in [-0.2, -0.15) is 0 Å². The van der Waals surface area contributed by atoms with Gasteiger partial charge in [-0.25, -0.2) is 0 Å². The first-order valence-corrected chi connectivity index (χ1v) is 8.50. The van der Waals surface area contributed by atoms with E-state index in [1.165, 1.54) is 32.5 Å². The third-order valence-corrected chi connectivity index (χ3v) is 4.44. The molecular formula is C16H33IN4O. The Kier molecular flexibility index (Phi) is 9.66. The summed E-state index contributed by atoms with van der Waals surface area (Å²) >= 11 is 0. The number of piperidine rings is 1. The van der Waals surface area contributed by atoms with Gasteiger partial charge in [0.15, 0.2) is 5.96 Å². The van der Waals surface area contributed by atoms with Gasteiger partial charge in [-0.05, 0) is 37.6 Å². The number of rotatable bonds is 5. The van der Waals surface area contributed by atoms with Crippen molar-refractivity contribution in [1.82, 2.24) is 9.80 Å². The van der Waals surface area contributed by atoms with Crippen molar-refractivity contribution in [3.8, 4) is 0 Å². The van der Waals surface area contributed by atoms with Gasteiger partial charge < -0.3 is 20.3 Å². The lowest BCUT2D eigenvalue weighted by Gasteiger charge is -2.34. The summed E-state index contributed by atoms with van der Waals surface area (Å²) in [4.78, 5) is 9.25. The molecule has 2 rings (SSSR count). The molecule has 0 radical (unpaired) electrons. The summed E-state index contributed by atoms with van der Waals surface area (Å²) in [6.07, 6.45) is 3.74. The molecule has 0 spiro atoms. The van der Waals surface area contributed by atoms with Crippen molar-refractivity contribution in [2.45, 2.75) is 33.1 Å². The van der Waals surface area contributed by atoms with E-state index in [0.29, 0.717) is 5.96 Å². The van der Waals surface area contributed by atoms with Crippen LogP contribution in [0.1, 0.15) is 33.1 Å². The Balaban J connectivity index is 0.00000242. The van der Waals surface area contributed by atoms with Crippen molar-refractivity contribution >= 4 is 29.9 Å². The smallest absolute Gasteiger partial charge is 0.191 e. The van der Waals surface area contributed by atoms with E-state index in [9.17, 15) is 0 Å². The molecule has 2 atom stereocenters. The average Bonchev–Trinajstić information content (AvgIpc) is 2.46. The molecule has 2 N–H and O–H groups in total. The maximum Gasteiger partial charge on any atom is 0.191 e. The van der Waals surface area contributed by atoms with Crippen LogP contribution in [0, 0.1) is 11.8 Å². The number of hydrogen-bond acceptors (Lipinski definition) is 3. The first kappa shape index (κ1) is 20.0. The number of nitrogens with two attached hydrogens (primary N) is 1. The highest BCUT2D eigenvalue weighted by Crippen LogP contribution is 2.20. The van der Waals surface area contributed by atoms with E-state index in [2.05, 4.69) is 28.6 Å². The van der Waals surface area contributed by atoms with E-state index in [4.69, 9.17) is 10.5 Å². The molecule has 0 bridgehead atoms. The fraction of sp³-hybridized carbons (Fsp3) is 0.938. The van der Waals surface area contributed by atoms with E-state index in [1.807, 2.05) is 0 Å². The largest absolute Gasteiger partial charge is 0.378 e. The number of guanidine groups is 1. The topological polar surface area (TPSA) is 54.1 Å². The Hall–Kier alpha value is -0.0800. The van der Waals surface area contributed by atoms with Crippen LogP contribution in [0.4, 0.5) is 0 Å². The van der Waals surface area contributed by atoms with Crippen LogP contribution in [-0.2, 0) is 4.74 Å². The average molecular weight is 424 g/mol. The lowest BCUT2D eigenvalue weighted by atomic mass is 9.92. The van der Waals surface area contributed by atoms with Crippen molar-refractivity contribution in [2.24, 2.45) is 22.6 Å². The number of morpholine rings is 1. The van der Waals surface area contributed by atoms with Crippen molar-refractivity contribution < 1.29 is 4.74 Å². The molecule has 2 fully saturated rings. The minimum atomic E-state index is 0. The number of nitrogens with zero attached hydrogens (tertiary/aromatic N) is 3. The lowest BCUT2D eigenvalue weighted by Crippen LogP contribution is -2.44. The van der Waals surface area contributed by atoms with Gasteiger partial charge in [0.25, 0.3) is 0 Å². The molecule has 5 nitrogen and oxygen atoms in total. The van der Waals surface area contributed by atoms with Gasteiger partial charge >= 0.3 is 0 Å². The molecule has 6 heteroatoms. The summed E-state index contributed by atoms with van der Waals surface area (Å²) in [6.45, 7) is 12.6. The standard InChI is InChI=1S/C16H32N4O.HI/c1-14-11-15(2)13-19(12-14)6-4-3-5-18-16(17)20-7-9-21-10-8-20;/h14-15H,3-13H2,1-2H3,(H2,17,18);1H. The Morgan fingerprint density at radius 1 is 1.14 bits per heavy atom. The normalized spacial score (nSPS) is 27.5. The van der Waals surface area contributed by atoms with Gasteiger partial charge in [0.05, 0.1) is 13.2 Å². The Morgan fingerprint density at radius 3 is 2.41 bits per heavy atom. The highest BCUT2D eigenvalue weighted by Gasteiger charge is 2.20. The molecule has 0 saturated carbocycles. The number of likely N-dealkylation sites (tertiary alicyclic amines) is 1. The number of aliphatic imine (C=N–C) groups is 1. The fourth-order valence-corrected chi connectivity index (χ4v) is 3.51. The molecule has 0 aliphatic carbocycles. The van der Waals surface area contributed by atoms with Crippen LogP contribution in [-0.4, -0.2) is 68.2 Å². The molecule has 2 aliphatic heterocycles. The van der Waals surface area contributed by atoms with Gasteiger partial charge in [0, 0.05) is 32.7 Å². The third kappa shape index (κ3) is 7.00. The number of unbranched alkanes of at least 4 members (excludes halogenated alkanes) is 1. The SMILES string of the molecule is CC1CC(C)CN(CCCCN=C(N)N2CCOCC2)C1.I. The summed E-state index contributed by atoms with van der Waals surface area (Å²) in [6, 6.07) is 0. The molecule has 2 unspecified atom stereocenters. The van der Waals surface area contributed by atoms with Crippen LogP contribution < -0.4 is 5.73 Å². The van der Waals surface area contributed by atoms with Gasteiger partial charge in [0.2, 0.25) is 0 Å². The first-order valence-electron chi connectivity index (χ1n) is 8.50. The van der Waals surface area contributed by atoms with Gasteiger partial charge in [-0.1, -0.05) is 13.8 Å². The van der Waals surface area contributed by atoms with Crippen LogP contribution in [0.3, 0.4) is 0 Å². The van der Waals surface area contributed by atoms with Crippen LogP contribution in [0.5, 0.6) is 0 Å². The molecule has 130 valence electrons. The third-order valence-electron chi connectivity index (χ3n) is 4.44. The predicted octanol–water partition coefficient (Wildman–Crippen LogP) is 2.01. The predicted molar refractivity (Wildman–Crippen MR) is 103 cm³/mol. The first-order chi connectivity index (χ1) is 10.1. The molecule has 0 aromatic rings. The zero-order valence-electron chi connectivity index (χ0n) is 14.2. The lowest BCUT2D eigenvalue weighted by molar-refractivity contribution is 0.0674. The van der Waals surface area contributed by atoms with Crippen LogP contribution in [0.15, 0.2) is 4.99 Å². The van der Waals surface area contributed by atoms with E-state index < -0.39 is 0 Å². The van der Waals surface area contributed by atoms with Gasteiger partial charge in [-0.15, -0.1) is 24.0 Å².